The van der Waals surface area contributed by atoms with Gasteiger partial charge in [-0.1, -0.05) is 6.07 Å². The number of ketones is 1. The van der Waals surface area contributed by atoms with E-state index in [9.17, 15) is 4.79 Å². The number of Topliss-reactive ketones (excluding diaryl/α,β-unsaturated/α-hetero) is 1. The lowest BCUT2D eigenvalue weighted by atomic mass is 9.98. The largest absolute Gasteiger partial charge is 0.317 e. The van der Waals surface area contributed by atoms with Gasteiger partial charge in [-0.3, -0.25) is 9.78 Å². The maximum atomic E-state index is 11.7. The predicted octanol–water partition coefficient (Wildman–Crippen LogP) is 0.853. The van der Waals surface area contributed by atoms with E-state index < -0.39 is 0 Å². The van der Waals surface area contributed by atoms with Crippen LogP contribution in [0, 0.1) is 5.92 Å². The molecule has 1 aromatic heterocycles. The molecule has 0 radical (unpaired) electrons. The summed E-state index contributed by atoms with van der Waals surface area (Å²) < 4.78 is 0. The minimum Gasteiger partial charge on any atom is -0.317 e. The van der Waals surface area contributed by atoms with Gasteiger partial charge in [-0.2, -0.15) is 0 Å². The Morgan fingerprint density at radius 2 is 2.24 bits per heavy atom. The third-order valence-electron chi connectivity index (χ3n) is 3.13. The smallest absolute Gasteiger partial charge is 0.194 e. The molecule has 92 valence electrons. The Labute approximate surface area is 102 Å². The maximum Gasteiger partial charge on any atom is 0.194 e. The third-order valence-corrected chi connectivity index (χ3v) is 3.13. The van der Waals surface area contributed by atoms with Crippen molar-refractivity contribution < 1.29 is 4.79 Å². The van der Waals surface area contributed by atoms with Gasteiger partial charge in [0.2, 0.25) is 0 Å². The van der Waals surface area contributed by atoms with E-state index in [2.05, 4.69) is 15.6 Å². The number of carbonyl (C=O) groups excluding carboxylic acids is 1. The maximum absolute atomic E-state index is 11.7. The minimum absolute atomic E-state index is 0.0690. The van der Waals surface area contributed by atoms with Crippen molar-refractivity contribution in [3.05, 3.63) is 30.1 Å². The molecule has 0 amide bonds. The van der Waals surface area contributed by atoms with Crippen molar-refractivity contribution >= 4 is 5.78 Å². The molecular weight excluding hydrogens is 214 g/mol. The number of nitrogens with one attached hydrogen (secondary N) is 2. The standard InChI is InChI=1S/C13H19N3O/c17-13(12-3-1-2-6-16-12)10-15-9-11-4-7-14-8-5-11/h1-3,6,11,14-15H,4-5,7-10H2. The molecular formula is C13H19N3O. The monoisotopic (exact) mass is 233 g/mol. The van der Waals surface area contributed by atoms with E-state index in [0.29, 0.717) is 18.2 Å². The highest BCUT2D eigenvalue weighted by molar-refractivity contribution is 5.95. The van der Waals surface area contributed by atoms with Gasteiger partial charge in [-0.25, -0.2) is 0 Å². The summed E-state index contributed by atoms with van der Waals surface area (Å²) in [5, 5.41) is 6.57. The number of carbonyl (C=O) groups is 1. The molecule has 1 aliphatic heterocycles. The third kappa shape index (κ3) is 3.91. The van der Waals surface area contributed by atoms with E-state index in [1.165, 1.54) is 12.8 Å². The van der Waals surface area contributed by atoms with Crippen LogP contribution in [-0.4, -0.2) is 36.9 Å². The molecule has 0 spiro atoms. The summed E-state index contributed by atoms with van der Waals surface area (Å²) in [5.74, 6) is 0.771. The first-order chi connectivity index (χ1) is 8.36. The fourth-order valence-corrected chi connectivity index (χ4v) is 2.09. The molecule has 17 heavy (non-hydrogen) atoms. The Hall–Kier alpha value is -1.26. The quantitative estimate of drug-likeness (QED) is 0.740. The number of hydrogen-bond donors (Lipinski definition) is 2. The number of pyridine rings is 1. The number of piperidine rings is 1. The molecule has 0 atom stereocenters. The van der Waals surface area contributed by atoms with Gasteiger partial charge in [0.1, 0.15) is 5.69 Å². The fourth-order valence-electron chi connectivity index (χ4n) is 2.09. The van der Waals surface area contributed by atoms with E-state index in [1.54, 1.807) is 12.3 Å². The lowest BCUT2D eigenvalue weighted by Gasteiger charge is -2.22. The molecule has 1 aromatic rings. The average Bonchev–Trinajstić information content (AvgIpc) is 2.41. The van der Waals surface area contributed by atoms with Crippen LogP contribution in [0.15, 0.2) is 24.4 Å². The van der Waals surface area contributed by atoms with Gasteiger partial charge in [-0.15, -0.1) is 0 Å². The molecule has 4 nitrogen and oxygen atoms in total. The predicted molar refractivity (Wildman–Crippen MR) is 67.0 cm³/mol. The summed E-state index contributed by atoms with van der Waals surface area (Å²) in [5.41, 5.74) is 0.547. The van der Waals surface area contributed by atoms with Crippen LogP contribution in [0.1, 0.15) is 23.3 Å². The van der Waals surface area contributed by atoms with Crippen molar-refractivity contribution in [1.82, 2.24) is 15.6 Å². The van der Waals surface area contributed by atoms with Crippen molar-refractivity contribution in [2.75, 3.05) is 26.2 Å². The highest BCUT2D eigenvalue weighted by atomic mass is 16.1. The number of rotatable bonds is 5. The van der Waals surface area contributed by atoms with Gasteiger partial charge < -0.3 is 10.6 Å². The first-order valence-electron chi connectivity index (χ1n) is 6.22. The number of hydrogen-bond acceptors (Lipinski definition) is 4. The van der Waals surface area contributed by atoms with Gasteiger partial charge in [-0.05, 0) is 50.5 Å². The van der Waals surface area contributed by atoms with Crippen LogP contribution >= 0.6 is 0 Å². The van der Waals surface area contributed by atoms with E-state index in [1.807, 2.05) is 12.1 Å². The second kappa shape index (κ2) is 6.47. The molecule has 4 heteroatoms. The molecule has 1 saturated heterocycles. The first kappa shape index (κ1) is 12.2. The SMILES string of the molecule is O=C(CNCC1CCNCC1)c1ccccn1. The normalized spacial score (nSPS) is 16.9. The van der Waals surface area contributed by atoms with E-state index >= 15 is 0 Å². The zero-order chi connectivity index (χ0) is 11.9. The molecule has 2 heterocycles. The minimum atomic E-state index is 0.0690. The van der Waals surface area contributed by atoms with Gasteiger partial charge >= 0.3 is 0 Å². The Balaban J connectivity index is 1.69. The van der Waals surface area contributed by atoms with Crippen LogP contribution in [-0.2, 0) is 0 Å². The van der Waals surface area contributed by atoms with Crippen LogP contribution in [0.2, 0.25) is 0 Å². The van der Waals surface area contributed by atoms with Gasteiger partial charge in [0.15, 0.2) is 5.78 Å². The van der Waals surface area contributed by atoms with Crippen molar-refractivity contribution in [3.8, 4) is 0 Å². The lowest BCUT2D eigenvalue weighted by molar-refractivity contribution is 0.0984. The highest BCUT2D eigenvalue weighted by Gasteiger charge is 2.13. The highest BCUT2D eigenvalue weighted by Crippen LogP contribution is 2.09. The summed E-state index contributed by atoms with van der Waals surface area (Å²) in [6.45, 7) is 3.52. The molecule has 0 aromatic carbocycles. The lowest BCUT2D eigenvalue weighted by Crippen LogP contribution is -2.35. The Kier molecular flexibility index (Phi) is 4.64. The second-order valence-electron chi connectivity index (χ2n) is 4.46. The summed E-state index contributed by atoms with van der Waals surface area (Å²) >= 11 is 0. The van der Waals surface area contributed by atoms with E-state index in [-0.39, 0.29) is 5.78 Å². The zero-order valence-corrected chi connectivity index (χ0v) is 9.98. The molecule has 2 N–H and O–H groups in total. The number of aromatic nitrogens is 1. The van der Waals surface area contributed by atoms with Crippen molar-refractivity contribution in [3.63, 3.8) is 0 Å². The van der Waals surface area contributed by atoms with Crippen molar-refractivity contribution in [2.24, 2.45) is 5.92 Å². The van der Waals surface area contributed by atoms with Crippen LogP contribution < -0.4 is 10.6 Å². The topological polar surface area (TPSA) is 54.0 Å². The average molecular weight is 233 g/mol. The molecule has 0 saturated carbocycles. The molecule has 1 aliphatic rings. The zero-order valence-electron chi connectivity index (χ0n) is 9.98. The Morgan fingerprint density at radius 3 is 2.94 bits per heavy atom. The van der Waals surface area contributed by atoms with Gasteiger partial charge in [0, 0.05) is 6.20 Å². The summed E-state index contributed by atoms with van der Waals surface area (Å²) in [6.07, 6.45) is 4.05. The molecule has 0 bridgehead atoms. The first-order valence-corrected chi connectivity index (χ1v) is 6.22. The van der Waals surface area contributed by atoms with Crippen molar-refractivity contribution in [1.29, 1.82) is 0 Å². The summed E-state index contributed by atoms with van der Waals surface area (Å²) in [7, 11) is 0. The second-order valence-corrected chi connectivity index (χ2v) is 4.46. The molecule has 0 unspecified atom stereocenters. The van der Waals surface area contributed by atoms with Crippen LogP contribution in [0.25, 0.3) is 0 Å². The summed E-state index contributed by atoms with van der Waals surface area (Å²) in [4.78, 5) is 15.8. The van der Waals surface area contributed by atoms with Crippen molar-refractivity contribution in [2.45, 2.75) is 12.8 Å². The number of nitrogens with zero attached hydrogens (tertiary/aromatic N) is 1. The Morgan fingerprint density at radius 1 is 1.41 bits per heavy atom. The van der Waals surface area contributed by atoms with E-state index in [0.717, 1.165) is 19.6 Å². The van der Waals surface area contributed by atoms with Gasteiger partial charge in [0.05, 0.1) is 6.54 Å². The Bertz CT molecular complexity index is 347. The molecule has 0 aliphatic carbocycles. The molecule has 1 fully saturated rings. The fraction of sp³-hybridized carbons (Fsp3) is 0.538. The van der Waals surface area contributed by atoms with E-state index in [4.69, 9.17) is 0 Å². The van der Waals surface area contributed by atoms with Crippen LogP contribution in [0.3, 0.4) is 0 Å². The van der Waals surface area contributed by atoms with Crippen LogP contribution in [0.4, 0.5) is 0 Å². The van der Waals surface area contributed by atoms with Gasteiger partial charge in [0.25, 0.3) is 0 Å². The van der Waals surface area contributed by atoms with Crippen LogP contribution in [0.5, 0.6) is 0 Å². The molecule has 2 rings (SSSR count). The summed E-state index contributed by atoms with van der Waals surface area (Å²) in [6, 6.07) is 5.42.